The van der Waals surface area contributed by atoms with Gasteiger partial charge in [-0.3, -0.25) is 0 Å². The van der Waals surface area contributed by atoms with Crippen LogP contribution in [0.3, 0.4) is 0 Å². The highest BCUT2D eigenvalue weighted by Crippen LogP contribution is 2.18. The van der Waals surface area contributed by atoms with Crippen molar-refractivity contribution in [1.82, 2.24) is 14.8 Å². The highest BCUT2D eigenvalue weighted by Gasteiger charge is 2.06. The van der Waals surface area contributed by atoms with E-state index in [4.69, 9.17) is 0 Å². The molecule has 0 saturated heterocycles. The molecule has 0 fully saturated rings. The van der Waals surface area contributed by atoms with Crippen LogP contribution in [0.4, 0.5) is 0 Å². The van der Waals surface area contributed by atoms with Gasteiger partial charge in [-0.2, -0.15) is 0 Å². The lowest BCUT2D eigenvalue weighted by Gasteiger charge is -2.08. The van der Waals surface area contributed by atoms with Crippen molar-refractivity contribution in [2.75, 3.05) is 5.75 Å². The number of rotatable bonds is 5. The van der Waals surface area contributed by atoms with E-state index in [-0.39, 0.29) is 0 Å². The molecule has 1 aromatic heterocycles. The molecule has 18 heavy (non-hydrogen) atoms. The summed E-state index contributed by atoms with van der Waals surface area (Å²) in [7, 11) is 0. The predicted molar refractivity (Wildman–Crippen MR) is 76.6 cm³/mol. The van der Waals surface area contributed by atoms with E-state index < -0.39 is 0 Å². The Hall–Kier alpha value is -1.55. The lowest BCUT2D eigenvalue weighted by atomic mass is 10.2. The van der Waals surface area contributed by atoms with Gasteiger partial charge in [0.2, 0.25) is 0 Å². The summed E-state index contributed by atoms with van der Waals surface area (Å²) in [6, 6.07) is 10.7. The van der Waals surface area contributed by atoms with E-state index in [0.29, 0.717) is 6.04 Å². The molecule has 0 saturated carbocycles. The van der Waals surface area contributed by atoms with Gasteiger partial charge in [0.1, 0.15) is 6.33 Å². The highest BCUT2D eigenvalue weighted by molar-refractivity contribution is 7.99. The molecule has 1 aromatic carbocycles. The van der Waals surface area contributed by atoms with Gasteiger partial charge in [0.15, 0.2) is 5.16 Å². The van der Waals surface area contributed by atoms with E-state index in [1.54, 1.807) is 18.1 Å². The summed E-state index contributed by atoms with van der Waals surface area (Å²) in [5.74, 6) is 0.903. The van der Waals surface area contributed by atoms with E-state index in [9.17, 15) is 0 Å². The Labute approximate surface area is 112 Å². The number of benzene rings is 1. The fraction of sp³-hybridized carbons (Fsp3) is 0.286. The van der Waals surface area contributed by atoms with Crippen LogP contribution in [0.15, 0.2) is 47.9 Å². The molecule has 0 aliphatic heterocycles. The van der Waals surface area contributed by atoms with E-state index in [1.165, 1.54) is 5.56 Å². The van der Waals surface area contributed by atoms with Crippen LogP contribution in [0, 0.1) is 0 Å². The van der Waals surface area contributed by atoms with E-state index >= 15 is 0 Å². The van der Waals surface area contributed by atoms with Crippen LogP contribution in [0.1, 0.15) is 25.5 Å². The van der Waals surface area contributed by atoms with Crippen molar-refractivity contribution < 1.29 is 0 Å². The molecule has 3 nitrogen and oxygen atoms in total. The standard InChI is InChI=1S/C14H17N3S/c1-12(2)17-11-15-16-14(17)18-10-6-9-13-7-4-3-5-8-13/h3-9,11-12H,10H2,1-2H3/b9-6-. The van der Waals surface area contributed by atoms with Gasteiger partial charge in [-0.1, -0.05) is 54.2 Å². The zero-order valence-corrected chi connectivity index (χ0v) is 11.5. The first-order chi connectivity index (χ1) is 8.77. The summed E-state index contributed by atoms with van der Waals surface area (Å²) in [5, 5.41) is 9.05. The Bertz CT molecular complexity index is 503. The van der Waals surface area contributed by atoms with Crippen molar-refractivity contribution in [2.24, 2.45) is 0 Å². The number of hydrogen-bond donors (Lipinski definition) is 0. The SMILES string of the molecule is CC(C)n1cnnc1SC/C=C\c1ccccc1. The Kier molecular flexibility index (Phi) is 4.59. The molecule has 0 bridgehead atoms. The average Bonchev–Trinajstić information content (AvgIpc) is 2.84. The van der Waals surface area contributed by atoms with Crippen molar-refractivity contribution in [2.45, 2.75) is 25.0 Å². The van der Waals surface area contributed by atoms with Crippen molar-refractivity contribution >= 4 is 17.8 Å². The molecule has 0 unspecified atom stereocenters. The Morgan fingerprint density at radius 3 is 2.78 bits per heavy atom. The molecular weight excluding hydrogens is 242 g/mol. The molecule has 0 amide bonds. The zero-order valence-electron chi connectivity index (χ0n) is 10.7. The third-order valence-electron chi connectivity index (χ3n) is 2.52. The second kappa shape index (κ2) is 6.40. The van der Waals surface area contributed by atoms with Crippen molar-refractivity contribution in [3.05, 3.63) is 48.3 Å². The molecule has 0 radical (unpaired) electrons. The summed E-state index contributed by atoms with van der Waals surface area (Å²) >= 11 is 1.70. The van der Waals surface area contributed by atoms with Crippen LogP contribution < -0.4 is 0 Å². The van der Waals surface area contributed by atoms with Crippen LogP contribution in [0.25, 0.3) is 6.08 Å². The monoisotopic (exact) mass is 259 g/mol. The molecule has 0 spiro atoms. The van der Waals surface area contributed by atoms with Crippen LogP contribution in [-0.2, 0) is 0 Å². The second-order valence-corrected chi connectivity index (χ2v) is 5.23. The first-order valence-electron chi connectivity index (χ1n) is 6.01. The summed E-state index contributed by atoms with van der Waals surface area (Å²) < 4.78 is 2.08. The quantitative estimate of drug-likeness (QED) is 0.768. The third-order valence-corrected chi connectivity index (χ3v) is 3.42. The fourth-order valence-electron chi connectivity index (χ4n) is 1.56. The molecule has 4 heteroatoms. The molecule has 2 aromatic rings. The van der Waals surface area contributed by atoms with E-state index in [2.05, 4.69) is 52.9 Å². The van der Waals surface area contributed by atoms with Crippen LogP contribution >= 0.6 is 11.8 Å². The Morgan fingerprint density at radius 2 is 2.06 bits per heavy atom. The number of thioether (sulfide) groups is 1. The molecule has 0 atom stereocenters. The minimum absolute atomic E-state index is 0.403. The minimum Gasteiger partial charge on any atom is -0.306 e. The van der Waals surface area contributed by atoms with Gasteiger partial charge in [0.25, 0.3) is 0 Å². The number of nitrogens with zero attached hydrogens (tertiary/aromatic N) is 3. The van der Waals surface area contributed by atoms with Gasteiger partial charge in [0, 0.05) is 11.8 Å². The van der Waals surface area contributed by atoms with Gasteiger partial charge in [-0.05, 0) is 19.4 Å². The topological polar surface area (TPSA) is 30.7 Å². The maximum atomic E-state index is 4.12. The zero-order chi connectivity index (χ0) is 12.8. The average molecular weight is 259 g/mol. The minimum atomic E-state index is 0.403. The van der Waals surface area contributed by atoms with Gasteiger partial charge in [0.05, 0.1) is 0 Å². The Balaban J connectivity index is 1.89. The van der Waals surface area contributed by atoms with Gasteiger partial charge in [-0.15, -0.1) is 10.2 Å². The normalized spacial score (nSPS) is 11.5. The number of aromatic nitrogens is 3. The lowest BCUT2D eigenvalue weighted by molar-refractivity contribution is 0.549. The smallest absolute Gasteiger partial charge is 0.191 e. The van der Waals surface area contributed by atoms with Gasteiger partial charge < -0.3 is 4.57 Å². The molecule has 94 valence electrons. The maximum absolute atomic E-state index is 4.12. The highest BCUT2D eigenvalue weighted by atomic mass is 32.2. The van der Waals surface area contributed by atoms with Crippen LogP contribution in [-0.4, -0.2) is 20.5 Å². The fourth-order valence-corrected chi connectivity index (χ4v) is 2.41. The third kappa shape index (κ3) is 3.47. The second-order valence-electron chi connectivity index (χ2n) is 4.24. The van der Waals surface area contributed by atoms with Gasteiger partial charge >= 0.3 is 0 Å². The molecule has 0 N–H and O–H groups in total. The van der Waals surface area contributed by atoms with Crippen LogP contribution in [0.2, 0.25) is 0 Å². The predicted octanol–water partition coefficient (Wildman–Crippen LogP) is 3.66. The Morgan fingerprint density at radius 1 is 1.28 bits per heavy atom. The first kappa shape index (κ1) is 12.9. The molecule has 0 aliphatic carbocycles. The van der Waals surface area contributed by atoms with Crippen molar-refractivity contribution in [3.63, 3.8) is 0 Å². The molecular formula is C14H17N3S. The van der Waals surface area contributed by atoms with Crippen molar-refractivity contribution in [1.29, 1.82) is 0 Å². The maximum Gasteiger partial charge on any atom is 0.191 e. The number of hydrogen-bond acceptors (Lipinski definition) is 3. The summed E-state index contributed by atoms with van der Waals surface area (Å²) in [6.07, 6.45) is 6.07. The molecule has 0 aliphatic rings. The van der Waals surface area contributed by atoms with Gasteiger partial charge in [-0.25, -0.2) is 0 Å². The van der Waals surface area contributed by atoms with E-state index in [1.807, 2.05) is 18.2 Å². The molecule has 2 rings (SSSR count). The lowest BCUT2D eigenvalue weighted by Crippen LogP contribution is -2.00. The molecule has 1 heterocycles. The first-order valence-corrected chi connectivity index (χ1v) is 7.00. The van der Waals surface area contributed by atoms with Crippen LogP contribution in [0.5, 0.6) is 0 Å². The summed E-state index contributed by atoms with van der Waals surface area (Å²) in [4.78, 5) is 0. The van der Waals surface area contributed by atoms with E-state index in [0.717, 1.165) is 10.9 Å². The largest absolute Gasteiger partial charge is 0.306 e. The summed E-state index contributed by atoms with van der Waals surface area (Å²) in [6.45, 7) is 4.26. The summed E-state index contributed by atoms with van der Waals surface area (Å²) in [5.41, 5.74) is 1.23. The van der Waals surface area contributed by atoms with Crippen molar-refractivity contribution in [3.8, 4) is 0 Å².